The molecule has 126 valence electrons. The number of rotatable bonds is 5. The van der Waals surface area contributed by atoms with E-state index < -0.39 is 0 Å². The summed E-state index contributed by atoms with van der Waals surface area (Å²) in [7, 11) is 0. The van der Waals surface area contributed by atoms with Crippen LogP contribution in [-0.2, 0) is 6.54 Å². The van der Waals surface area contributed by atoms with Gasteiger partial charge in [0.2, 0.25) is 0 Å². The molecule has 1 heterocycles. The molecule has 0 aliphatic rings. The van der Waals surface area contributed by atoms with Gasteiger partial charge in [-0.15, -0.1) is 0 Å². The Bertz CT molecular complexity index is 878. The average Bonchev–Trinajstić information content (AvgIpc) is 2.61. The Balaban J connectivity index is 1.65. The van der Waals surface area contributed by atoms with Crippen LogP contribution < -0.4 is 10.6 Å². The van der Waals surface area contributed by atoms with Gasteiger partial charge in [0.05, 0.1) is 0 Å². The molecular formula is C20H18BrN3O. The summed E-state index contributed by atoms with van der Waals surface area (Å²) in [4.78, 5) is 16.6. The quantitative estimate of drug-likeness (QED) is 0.650. The van der Waals surface area contributed by atoms with E-state index in [9.17, 15) is 4.79 Å². The van der Waals surface area contributed by atoms with Gasteiger partial charge < -0.3 is 10.6 Å². The van der Waals surface area contributed by atoms with Crippen LogP contribution >= 0.6 is 15.9 Å². The number of aromatic nitrogens is 1. The number of amides is 1. The zero-order valence-electron chi connectivity index (χ0n) is 13.8. The number of benzene rings is 2. The molecular weight excluding hydrogens is 378 g/mol. The second-order valence-corrected chi connectivity index (χ2v) is 6.65. The number of halogens is 1. The van der Waals surface area contributed by atoms with Crippen molar-refractivity contribution in [3.63, 3.8) is 0 Å². The van der Waals surface area contributed by atoms with Gasteiger partial charge in [0.1, 0.15) is 5.82 Å². The molecule has 3 aromatic rings. The van der Waals surface area contributed by atoms with Crippen molar-refractivity contribution in [2.75, 3.05) is 5.32 Å². The number of carbonyl (C=O) groups is 1. The van der Waals surface area contributed by atoms with Crippen LogP contribution in [-0.4, -0.2) is 10.9 Å². The SMILES string of the molecule is Cc1ccc(CNC(=O)c2ccnc(Nc3cccc(Br)c3)c2)cc1. The number of anilines is 2. The molecule has 0 unspecified atom stereocenters. The molecule has 0 spiro atoms. The van der Waals surface area contributed by atoms with E-state index in [2.05, 4.69) is 31.5 Å². The fourth-order valence-corrected chi connectivity index (χ4v) is 2.74. The molecule has 3 rings (SSSR count). The number of hydrogen-bond donors (Lipinski definition) is 2. The number of hydrogen-bond acceptors (Lipinski definition) is 3. The van der Waals surface area contributed by atoms with Gasteiger partial charge in [-0.1, -0.05) is 51.8 Å². The first-order valence-corrected chi connectivity index (χ1v) is 8.72. The van der Waals surface area contributed by atoms with E-state index in [-0.39, 0.29) is 5.91 Å². The minimum Gasteiger partial charge on any atom is -0.348 e. The Morgan fingerprint density at radius 1 is 1.08 bits per heavy atom. The lowest BCUT2D eigenvalue weighted by molar-refractivity contribution is 0.0951. The van der Waals surface area contributed by atoms with E-state index in [0.717, 1.165) is 15.7 Å². The standard InChI is InChI=1S/C20H18BrN3O/c1-14-5-7-15(8-6-14)13-23-20(25)16-9-10-22-19(11-16)24-18-4-2-3-17(21)12-18/h2-12H,13H2,1H3,(H,22,24)(H,23,25). The zero-order chi connectivity index (χ0) is 17.6. The van der Waals surface area contributed by atoms with Gasteiger partial charge in [0.25, 0.3) is 5.91 Å². The topological polar surface area (TPSA) is 54.0 Å². The van der Waals surface area contributed by atoms with Crippen LogP contribution in [0.2, 0.25) is 0 Å². The van der Waals surface area contributed by atoms with Crippen molar-refractivity contribution in [2.45, 2.75) is 13.5 Å². The third kappa shape index (κ3) is 4.90. The maximum atomic E-state index is 12.4. The Labute approximate surface area is 155 Å². The average molecular weight is 396 g/mol. The van der Waals surface area contributed by atoms with Crippen LogP contribution in [0.5, 0.6) is 0 Å². The van der Waals surface area contributed by atoms with Crippen LogP contribution in [0.25, 0.3) is 0 Å². The lowest BCUT2D eigenvalue weighted by atomic mass is 10.1. The summed E-state index contributed by atoms with van der Waals surface area (Å²) in [6.45, 7) is 2.54. The van der Waals surface area contributed by atoms with E-state index in [0.29, 0.717) is 17.9 Å². The van der Waals surface area contributed by atoms with Gasteiger partial charge >= 0.3 is 0 Å². The Kier molecular flexibility index (Phi) is 5.46. The molecule has 4 nitrogen and oxygen atoms in total. The molecule has 0 aliphatic carbocycles. The van der Waals surface area contributed by atoms with Crippen LogP contribution in [0.3, 0.4) is 0 Å². The monoisotopic (exact) mass is 395 g/mol. The van der Waals surface area contributed by atoms with Crippen molar-refractivity contribution in [2.24, 2.45) is 0 Å². The highest BCUT2D eigenvalue weighted by atomic mass is 79.9. The normalized spacial score (nSPS) is 10.3. The first-order chi connectivity index (χ1) is 12.1. The van der Waals surface area contributed by atoms with Crippen molar-refractivity contribution in [1.82, 2.24) is 10.3 Å². The van der Waals surface area contributed by atoms with Gasteiger partial charge in [-0.25, -0.2) is 4.98 Å². The molecule has 2 aromatic carbocycles. The predicted octanol–water partition coefficient (Wildman–Crippen LogP) is 4.83. The summed E-state index contributed by atoms with van der Waals surface area (Å²) < 4.78 is 0.976. The molecule has 5 heteroatoms. The lowest BCUT2D eigenvalue weighted by Gasteiger charge is -2.09. The largest absolute Gasteiger partial charge is 0.348 e. The third-order valence-corrected chi connectivity index (χ3v) is 4.19. The highest BCUT2D eigenvalue weighted by Crippen LogP contribution is 2.19. The molecule has 2 N–H and O–H groups in total. The fourth-order valence-electron chi connectivity index (χ4n) is 2.34. The summed E-state index contributed by atoms with van der Waals surface area (Å²) in [6.07, 6.45) is 1.63. The summed E-state index contributed by atoms with van der Waals surface area (Å²) in [5.41, 5.74) is 3.74. The van der Waals surface area contributed by atoms with E-state index in [1.807, 2.05) is 55.5 Å². The molecule has 0 saturated carbocycles. The van der Waals surface area contributed by atoms with Crippen molar-refractivity contribution in [3.8, 4) is 0 Å². The van der Waals surface area contributed by atoms with Crippen LogP contribution in [0.1, 0.15) is 21.5 Å². The van der Waals surface area contributed by atoms with E-state index >= 15 is 0 Å². The Morgan fingerprint density at radius 2 is 1.88 bits per heavy atom. The van der Waals surface area contributed by atoms with Gasteiger partial charge in [-0.05, 0) is 42.8 Å². The van der Waals surface area contributed by atoms with Crippen molar-refractivity contribution in [1.29, 1.82) is 0 Å². The van der Waals surface area contributed by atoms with Crippen molar-refractivity contribution < 1.29 is 4.79 Å². The summed E-state index contributed by atoms with van der Waals surface area (Å²) >= 11 is 3.44. The molecule has 0 aliphatic heterocycles. The number of carbonyl (C=O) groups excluding carboxylic acids is 1. The molecule has 0 saturated heterocycles. The first-order valence-electron chi connectivity index (χ1n) is 7.92. The van der Waals surface area contributed by atoms with Gasteiger partial charge in [-0.3, -0.25) is 4.79 Å². The Morgan fingerprint density at radius 3 is 2.64 bits per heavy atom. The molecule has 0 fully saturated rings. The van der Waals surface area contributed by atoms with Crippen LogP contribution in [0.15, 0.2) is 71.3 Å². The molecule has 0 radical (unpaired) electrons. The van der Waals surface area contributed by atoms with Gasteiger partial charge in [0, 0.05) is 28.5 Å². The van der Waals surface area contributed by atoms with Crippen LogP contribution in [0, 0.1) is 6.92 Å². The maximum Gasteiger partial charge on any atom is 0.251 e. The molecule has 25 heavy (non-hydrogen) atoms. The van der Waals surface area contributed by atoms with E-state index in [1.165, 1.54) is 5.56 Å². The smallest absolute Gasteiger partial charge is 0.251 e. The van der Waals surface area contributed by atoms with E-state index in [1.54, 1.807) is 18.3 Å². The van der Waals surface area contributed by atoms with E-state index in [4.69, 9.17) is 0 Å². The number of aryl methyl sites for hydroxylation is 1. The molecule has 1 amide bonds. The second kappa shape index (κ2) is 7.94. The van der Waals surface area contributed by atoms with Gasteiger partial charge in [-0.2, -0.15) is 0 Å². The predicted molar refractivity (Wildman–Crippen MR) is 104 cm³/mol. The van der Waals surface area contributed by atoms with Crippen LogP contribution in [0.4, 0.5) is 11.5 Å². The highest BCUT2D eigenvalue weighted by molar-refractivity contribution is 9.10. The Hall–Kier alpha value is -2.66. The molecule has 0 atom stereocenters. The maximum absolute atomic E-state index is 12.4. The van der Waals surface area contributed by atoms with Crippen molar-refractivity contribution >= 4 is 33.3 Å². The minimum atomic E-state index is -0.125. The van der Waals surface area contributed by atoms with Gasteiger partial charge in [0.15, 0.2) is 0 Å². The molecule has 0 bridgehead atoms. The second-order valence-electron chi connectivity index (χ2n) is 5.73. The highest BCUT2D eigenvalue weighted by Gasteiger charge is 2.07. The number of nitrogens with one attached hydrogen (secondary N) is 2. The molecule has 1 aromatic heterocycles. The zero-order valence-corrected chi connectivity index (χ0v) is 15.4. The number of nitrogens with zero attached hydrogens (tertiary/aromatic N) is 1. The third-order valence-electron chi connectivity index (χ3n) is 3.69. The summed E-state index contributed by atoms with van der Waals surface area (Å²) in [5, 5.41) is 6.13. The first kappa shape index (κ1) is 17.2. The fraction of sp³-hybridized carbons (Fsp3) is 0.100. The summed E-state index contributed by atoms with van der Waals surface area (Å²) in [5.74, 6) is 0.501. The lowest BCUT2D eigenvalue weighted by Crippen LogP contribution is -2.22. The van der Waals surface area contributed by atoms with Crippen molar-refractivity contribution in [3.05, 3.63) is 88.0 Å². The summed E-state index contributed by atoms with van der Waals surface area (Å²) in [6, 6.07) is 19.3. The number of pyridine rings is 1. The minimum absolute atomic E-state index is 0.125.